The van der Waals surface area contributed by atoms with E-state index in [1.54, 1.807) is 6.08 Å². The molecule has 0 aliphatic heterocycles. The normalized spacial score (nSPS) is 27.7. The molecule has 0 saturated heterocycles. The van der Waals surface area contributed by atoms with E-state index in [0.29, 0.717) is 12.8 Å². The fourth-order valence-corrected chi connectivity index (χ4v) is 6.19. The number of hydrogen-bond donors (Lipinski definition) is 2. The average Bonchev–Trinajstić information content (AvgIpc) is 3.10. The summed E-state index contributed by atoms with van der Waals surface area (Å²) >= 11 is 0. The lowest BCUT2D eigenvalue weighted by molar-refractivity contribution is -0.127. The topological polar surface area (TPSA) is 57.5 Å². The molecule has 0 aromatic carbocycles. The Morgan fingerprint density at radius 2 is 1.14 bits per heavy atom. The molecular formula is C40H56O3. The molecule has 2 N–H and O–H groups in total. The van der Waals surface area contributed by atoms with Crippen molar-refractivity contribution in [2.45, 2.75) is 107 Å². The number of carbonyl (C=O) groups excluding carboxylic acids is 1. The first-order chi connectivity index (χ1) is 20.0. The number of allylic oxidation sites excluding steroid dienone is 19. The highest BCUT2D eigenvalue weighted by molar-refractivity contribution is 5.95. The van der Waals surface area contributed by atoms with Crippen molar-refractivity contribution in [3.05, 3.63) is 119 Å². The molecule has 0 amide bonds. The van der Waals surface area contributed by atoms with Gasteiger partial charge in [0.05, 0.1) is 12.2 Å². The maximum Gasteiger partial charge on any atom is 0.162 e. The van der Waals surface area contributed by atoms with Crippen LogP contribution in [0.2, 0.25) is 0 Å². The van der Waals surface area contributed by atoms with Crippen LogP contribution in [-0.4, -0.2) is 28.2 Å². The quantitative estimate of drug-likeness (QED) is 0.188. The van der Waals surface area contributed by atoms with Gasteiger partial charge >= 0.3 is 0 Å². The van der Waals surface area contributed by atoms with Crippen LogP contribution in [0.3, 0.4) is 0 Å². The summed E-state index contributed by atoms with van der Waals surface area (Å²) in [6.07, 6.45) is 30.6. The Hall–Kier alpha value is -3.01. The Morgan fingerprint density at radius 1 is 0.651 bits per heavy atom. The van der Waals surface area contributed by atoms with E-state index in [1.807, 2.05) is 50.3 Å². The molecule has 234 valence electrons. The maximum absolute atomic E-state index is 12.9. The van der Waals surface area contributed by atoms with E-state index in [2.05, 4.69) is 97.9 Å². The van der Waals surface area contributed by atoms with Crippen molar-refractivity contribution in [3.63, 3.8) is 0 Å². The van der Waals surface area contributed by atoms with Gasteiger partial charge in [0, 0.05) is 5.41 Å². The molecule has 3 heteroatoms. The number of rotatable bonds is 11. The van der Waals surface area contributed by atoms with Crippen LogP contribution in [0.5, 0.6) is 0 Å². The van der Waals surface area contributed by atoms with Gasteiger partial charge in [0.25, 0.3) is 0 Å². The van der Waals surface area contributed by atoms with Crippen molar-refractivity contribution in [1.29, 1.82) is 0 Å². The Kier molecular flexibility index (Phi) is 13.2. The minimum atomic E-state index is -0.532. The lowest BCUT2D eigenvalue weighted by Gasteiger charge is -2.35. The molecule has 2 aliphatic rings. The molecule has 0 spiro atoms. The Balaban J connectivity index is 1.89. The zero-order valence-electron chi connectivity index (χ0n) is 28.4. The molecule has 2 unspecified atom stereocenters. The van der Waals surface area contributed by atoms with Gasteiger partial charge in [0.1, 0.15) is 0 Å². The van der Waals surface area contributed by atoms with E-state index < -0.39 is 11.5 Å². The van der Waals surface area contributed by atoms with Crippen LogP contribution in [-0.2, 0) is 4.79 Å². The molecule has 0 heterocycles. The van der Waals surface area contributed by atoms with E-state index >= 15 is 0 Å². The number of ketones is 1. The summed E-state index contributed by atoms with van der Waals surface area (Å²) < 4.78 is 0. The highest BCUT2D eigenvalue weighted by Gasteiger charge is 2.52. The fraction of sp³-hybridized carbons (Fsp3) is 0.475. The molecule has 0 aromatic rings. The second kappa shape index (κ2) is 15.6. The van der Waals surface area contributed by atoms with Gasteiger partial charge in [0.2, 0.25) is 0 Å². The van der Waals surface area contributed by atoms with Crippen LogP contribution in [0.25, 0.3) is 0 Å². The van der Waals surface area contributed by atoms with Gasteiger partial charge in [-0.3, -0.25) is 4.79 Å². The van der Waals surface area contributed by atoms with Crippen LogP contribution in [0.1, 0.15) is 94.9 Å². The number of aliphatic hydroxyl groups is 2. The number of carbonyl (C=O) groups is 1. The van der Waals surface area contributed by atoms with E-state index in [4.69, 9.17) is 0 Å². The van der Waals surface area contributed by atoms with Crippen molar-refractivity contribution in [2.75, 3.05) is 0 Å². The third-order valence-corrected chi connectivity index (χ3v) is 9.18. The molecule has 0 bridgehead atoms. The van der Waals surface area contributed by atoms with Crippen molar-refractivity contribution >= 4 is 5.78 Å². The average molecular weight is 585 g/mol. The molecule has 2 aliphatic carbocycles. The second-order valence-electron chi connectivity index (χ2n) is 14.2. The summed E-state index contributed by atoms with van der Waals surface area (Å²) in [4.78, 5) is 12.9. The van der Waals surface area contributed by atoms with Gasteiger partial charge in [-0.25, -0.2) is 0 Å². The SMILES string of the molecule is CC(C=CC=C(C)C=CC(=O)[C@@]1(C)CC(O)CC1(C)C)=CC=CC=C(C)C=CC=C(C)C=CC1=C(C)CC(O)CC1(C)C. The first kappa shape index (κ1) is 36.2. The molecule has 1 fully saturated rings. The number of aliphatic hydroxyl groups excluding tert-OH is 2. The minimum Gasteiger partial charge on any atom is -0.393 e. The van der Waals surface area contributed by atoms with Crippen LogP contribution < -0.4 is 0 Å². The van der Waals surface area contributed by atoms with Gasteiger partial charge in [-0.2, -0.15) is 0 Å². The summed E-state index contributed by atoms with van der Waals surface area (Å²) in [5.41, 5.74) is 6.34. The molecule has 43 heavy (non-hydrogen) atoms. The molecule has 3 atom stereocenters. The summed E-state index contributed by atoms with van der Waals surface area (Å²) in [7, 11) is 0. The second-order valence-corrected chi connectivity index (χ2v) is 14.2. The molecular weight excluding hydrogens is 528 g/mol. The Morgan fingerprint density at radius 3 is 1.63 bits per heavy atom. The smallest absolute Gasteiger partial charge is 0.162 e. The van der Waals surface area contributed by atoms with Gasteiger partial charge in [0.15, 0.2) is 5.78 Å². The lowest BCUT2D eigenvalue weighted by Crippen LogP contribution is -2.36. The van der Waals surface area contributed by atoms with E-state index in [1.165, 1.54) is 16.7 Å². The molecule has 0 aromatic heterocycles. The summed E-state index contributed by atoms with van der Waals surface area (Å²) in [6, 6.07) is 0. The number of hydrogen-bond acceptors (Lipinski definition) is 3. The van der Waals surface area contributed by atoms with Crippen molar-refractivity contribution in [2.24, 2.45) is 16.2 Å². The minimum absolute atomic E-state index is 0.00528. The van der Waals surface area contributed by atoms with Crippen LogP contribution in [0.15, 0.2) is 119 Å². The summed E-state index contributed by atoms with van der Waals surface area (Å²) in [5, 5.41) is 20.2. The zero-order chi connectivity index (χ0) is 32.4. The highest BCUT2D eigenvalue weighted by atomic mass is 16.3. The van der Waals surface area contributed by atoms with Crippen molar-refractivity contribution < 1.29 is 15.0 Å². The van der Waals surface area contributed by atoms with Crippen LogP contribution in [0.4, 0.5) is 0 Å². The molecule has 2 rings (SSSR count). The lowest BCUT2D eigenvalue weighted by atomic mass is 9.66. The third kappa shape index (κ3) is 10.9. The first-order valence-corrected chi connectivity index (χ1v) is 15.7. The predicted molar refractivity (Wildman–Crippen MR) is 185 cm³/mol. The van der Waals surface area contributed by atoms with Crippen LogP contribution >= 0.6 is 0 Å². The Bertz CT molecular complexity index is 1310. The molecule has 3 nitrogen and oxygen atoms in total. The predicted octanol–water partition coefficient (Wildman–Crippen LogP) is 9.81. The van der Waals surface area contributed by atoms with Gasteiger partial charge in [-0.05, 0) is 82.8 Å². The van der Waals surface area contributed by atoms with Crippen LogP contribution in [0, 0.1) is 16.2 Å². The van der Waals surface area contributed by atoms with Gasteiger partial charge in [-0.1, -0.05) is 141 Å². The van der Waals surface area contributed by atoms with Gasteiger partial charge < -0.3 is 10.2 Å². The van der Waals surface area contributed by atoms with E-state index in [-0.39, 0.29) is 22.7 Å². The third-order valence-electron chi connectivity index (χ3n) is 9.18. The van der Waals surface area contributed by atoms with Gasteiger partial charge in [-0.15, -0.1) is 0 Å². The van der Waals surface area contributed by atoms with E-state index in [9.17, 15) is 15.0 Å². The fourth-order valence-electron chi connectivity index (χ4n) is 6.19. The maximum atomic E-state index is 12.9. The Labute approximate surface area is 262 Å². The molecule has 0 radical (unpaired) electrons. The standard InChI is InChI=1S/C40H56O3/c1-29(17-13-19-31(3)21-23-36-33(5)25-34(41)26-38(36,6)7)15-11-12-16-30(2)18-14-20-32(4)22-24-37(43)40(10)28-35(42)27-39(40,8)9/h11-24,34-35,41-42H,25-28H2,1-10H3/t34?,35?,40-/m1/s1. The van der Waals surface area contributed by atoms with Crippen molar-refractivity contribution in [1.82, 2.24) is 0 Å². The zero-order valence-corrected chi connectivity index (χ0v) is 28.4. The highest BCUT2D eigenvalue weighted by Crippen LogP contribution is 2.53. The molecule has 1 saturated carbocycles. The first-order valence-electron chi connectivity index (χ1n) is 15.7. The summed E-state index contributed by atoms with van der Waals surface area (Å²) in [5.74, 6) is 0.0853. The van der Waals surface area contributed by atoms with E-state index in [0.717, 1.165) is 29.6 Å². The van der Waals surface area contributed by atoms with Crippen molar-refractivity contribution in [3.8, 4) is 0 Å². The summed E-state index contributed by atoms with van der Waals surface area (Å²) in [6.45, 7) is 20.9. The largest absolute Gasteiger partial charge is 0.393 e. The monoisotopic (exact) mass is 584 g/mol.